The van der Waals surface area contributed by atoms with Gasteiger partial charge in [-0.2, -0.15) is 0 Å². The van der Waals surface area contributed by atoms with Gasteiger partial charge >= 0.3 is 0 Å². The van der Waals surface area contributed by atoms with Crippen molar-refractivity contribution in [3.8, 4) is 5.75 Å². The largest absolute Gasteiger partial charge is 0.508 e. The van der Waals surface area contributed by atoms with E-state index in [0.717, 1.165) is 16.7 Å². The highest BCUT2D eigenvalue weighted by molar-refractivity contribution is 5.81. The molecule has 1 amide bonds. The fraction of sp³-hybridized carbons (Fsp3) is 0.278. The van der Waals surface area contributed by atoms with Crippen LogP contribution in [0, 0.1) is 0 Å². The summed E-state index contributed by atoms with van der Waals surface area (Å²) in [6.07, 6.45) is 1.76. The first kappa shape index (κ1) is 13.3. The van der Waals surface area contributed by atoms with Crippen LogP contribution in [0.15, 0.2) is 48.5 Å². The van der Waals surface area contributed by atoms with Gasteiger partial charge in [0.25, 0.3) is 0 Å². The SMILES string of the molecule is N[C@@]12CCC(=O)N[C@]1(c1ccccc1)c1cc(O)ccc1C2. The molecule has 2 aliphatic rings. The molecule has 112 valence electrons. The molecule has 2 aromatic carbocycles. The zero-order valence-corrected chi connectivity index (χ0v) is 12.2. The summed E-state index contributed by atoms with van der Waals surface area (Å²) in [5.41, 5.74) is 8.43. The summed E-state index contributed by atoms with van der Waals surface area (Å²) < 4.78 is 0. The zero-order chi connectivity index (χ0) is 15.4. The third-order valence-corrected chi connectivity index (χ3v) is 5.08. The molecule has 0 bridgehead atoms. The Balaban J connectivity index is 2.04. The lowest BCUT2D eigenvalue weighted by Gasteiger charge is -2.48. The molecule has 0 saturated carbocycles. The quantitative estimate of drug-likeness (QED) is 0.750. The molecule has 0 spiro atoms. The van der Waals surface area contributed by atoms with Crippen molar-refractivity contribution < 1.29 is 9.90 Å². The predicted molar refractivity (Wildman–Crippen MR) is 83.3 cm³/mol. The Labute approximate surface area is 129 Å². The Hall–Kier alpha value is -2.33. The average Bonchev–Trinajstić information content (AvgIpc) is 2.78. The van der Waals surface area contributed by atoms with Gasteiger partial charge in [-0.15, -0.1) is 0 Å². The highest BCUT2D eigenvalue weighted by Crippen LogP contribution is 2.51. The van der Waals surface area contributed by atoms with E-state index in [1.807, 2.05) is 36.4 Å². The maximum atomic E-state index is 12.2. The molecule has 4 N–H and O–H groups in total. The minimum Gasteiger partial charge on any atom is -0.508 e. The summed E-state index contributed by atoms with van der Waals surface area (Å²) in [6.45, 7) is 0. The van der Waals surface area contributed by atoms with Gasteiger partial charge in [0.2, 0.25) is 5.91 Å². The lowest BCUT2D eigenvalue weighted by atomic mass is 9.68. The number of hydrogen-bond donors (Lipinski definition) is 3. The molecule has 4 nitrogen and oxygen atoms in total. The van der Waals surface area contributed by atoms with Gasteiger partial charge in [-0.25, -0.2) is 0 Å². The number of rotatable bonds is 1. The maximum Gasteiger partial charge on any atom is 0.221 e. The maximum absolute atomic E-state index is 12.2. The van der Waals surface area contributed by atoms with E-state index in [2.05, 4.69) is 5.32 Å². The second-order valence-electron chi connectivity index (χ2n) is 6.34. The van der Waals surface area contributed by atoms with E-state index >= 15 is 0 Å². The number of fused-ring (bicyclic) bond motifs is 3. The monoisotopic (exact) mass is 294 g/mol. The van der Waals surface area contributed by atoms with Gasteiger partial charge in [-0.3, -0.25) is 4.79 Å². The number of hydrogen-bond acceptors (Lipinski definition) is 3. The van der Waals surface area contributed by atoms with Crippen LogP contribution in [-0.2, 0) is 16.8 Å². The van der Waals surface area contributed by atoms with Crippen molar-refractivity contribution in [2.75, 3.05) is 0 Å². The number of nitrogens with two attached hydrogens (primary N) is 1. The van der Waals surface area contributed by atoms with Gasteiger partial charge in [-0.1, -0.05) is 36.4 Å². The van der Waals surface area contributed by atoms with E-state index in [0.29, 0.717) is 19.3 Å². The molecular weight excluding hydrogens is 276 g/mol. The molecule has 0 unspecified atom stereocenters. The van der Waals surface area contributed by atoms with Crippen LogP contribution in [0.1, 0.15) is 29.5 Å². The van der Waals surface area contributed by atoms with Gasteiger partial charge in [0.1, 0.15) is 11.3 Å². The lowest BCUT2D eigenvalue weighted by Crippen LogP contribution is -2.68. The van der Waals surface area contributed by atoms with Gasteiger partial charge in [0, 0.05) is 6.42 Å². The van der Waals surface area contributed by atoms with E-state index in [4.69, 9.17) is 5.73 Å². The van der Waals surface area contributed by atoms with E-state index in [1.165, 1.54) is 0 Å². The number of piperidine rings is 1. The van der Waals surface area contributed by atoms with Crippen LogP contribution in [0.25, 0.3) is 0 Å². The van der Waals surface area contributed by atoms with Crippen molar-refractivity contribution in [2.24, 2.45) is 5.73 Å². The molecule has 0 radical (unpaired) electrons. The summed E-state index contributed by atoms with van der Waals surface area (Å²) >= 11 is 0. The number of carbonyl (C=O) groups excluding carboxylic acids is 1. The number of benzene rings is 2. The molecule has 4 heteroatoms. The van der Waals surface area contributed by atoms with E-state index in [1.54, 1.807) is 12.1 Å². The first-order valence-corrected chi connectivity index (χ1v) is 7.53. The minimum absolute atomic E-state index is 0.00104. The molecule has 1 aliphatic carbocycles. The molecule has 1 saturated heterocycles. The summed E-state index contributed by atoms with van der Waals surface area (Å²) in [5.74, 6) is 0.194. The molecule has 1 fully saturated rings. The van der Waals surface area contributed by atoms with Crippen LogP contribution < -0.4 is 11.1 Å². The smallest absolute Gasteiger partial charge is 0.221 e. The molecule has 1 aliphatic heterocycles. The Morgan fingerprint density at radius 1 is 1.14 bits per heavy atom. The lowest BCUT2D eigenvalue weighted by molar-refractivity contribution is -0.126. The van der Waals surface area contributed by atoms with Gasteiger partial charge in [0.15, 0.2) is 0 Å². The van der Waals surface area contributed by atoms with Crippen LogP contribution in [0.4, 0.5) is 0 Å². The molecule has 22 heavy (non-hydrogen) atoms. The third kappa shape index (κ3) is 1.58. The van der Waals surface area contributed by atoms with Crippen LogP contribution >= 0.6 is 0 Å². The molecule has 1 heterocycles. The highest BCUT2D eigenvalue weighted by Gasteiger charge is 2.59. The van der Waals surface area contributed by atoms with Gasteiger partial charge in [-0.05, 0) is 41.7 Å². The Kier molecular flexibility index (Phi) is 2.63. The second kappa shape index (κ2) is 4.34. The summed E-state index contributed by atoms with van der Waals surface area (Å²) in [7, 11) is 0. The number of carbonyl (C=O) groups is 1. The van der Waals surface area contributed by atoms with Crippen molar-refractivity contribution in [2.45, 2.75) is 30.3 Å². The first-order chi connectivity index (χ1) is 10.6. The number of aromatic hydroxyl groups is 1. The van der Waals surface area contributed by atoms with Gasteiger partial charge in [0.05, 0.1) is 5.54 Å². The van der Waals surface area contributed by atoms with E-state index in [9.17, 15) is 9.90 Å². The number of amides is 1. The fourth-order valence-corrected chi connectivity index (χ4v) is 4.09. The van der Waals surface area contributed by atoms with Crippen LogP contribution in [0.3, 0.4) is 0 Å². The van der Waals surface area contributed by atoms with Crippen LogP contribution in [0.5, 0.6) is 5.75 Å². The third-order valence-electron chi connectivity index (χ3n) is 5.08. The zero-order valence-electron chi connectivity index (χ0n) is 12.2. The fourth-order valence-electron chi connectivity index (χ4n) is 4.09. The second-order valence-corrected chi connectivity index (χ2v) is 6.34. The standard InChI is InChI=1S/C18H18N2O2/c19-17-9-8-16(22)20-18(17,13-4-2-1-3-5-13)15-10-14(21)7-6-12(15)11-17/h1-7,10,21H,8-9,11,19H2,(H,20,22)/t17-,18-/m1/s1. The van der Waals surface area contributed by atoms with Crippen molar-refractivity contribution in [3.63, 3.8) is 0 Å². The van der Waals surface area contributed by atoms with Crippen molar-refractivity contribution in [3.05, 3.63) is 65.2 Å². The Morgan fingerprint density at radius 2 is 1.91 bits per heavy atom. The molecule has 2 aromatic rings. The first-order valence-electron chi connectivity index (χ1n) is 7.53. The number of phenolic OH excluding ortho intramolecular Hbond substituents is 1. The average molecular weight is 294 g/mol. The highest BCUT2D eigenvalue weighted by atomic mass is 16.3. The van der Waals surface area contributed by atoms with E-state index < -0.39 is 11.1 Å². The summed E-state index contributed by atoms with van der Waals surface area (Å²) in [6, 6.07) is 15.2. The Morgan fingerprint density at radius 3 is 2.68 bits per heavy atom. The normalized spacial score (nSPS) is 29.6. The predicted octanol–water partition coefficient (Wildman–Crippen LogP) is 1.80. The van der Waals surface area contributed by atoms with Crippen molar-refractivity contribution >= 4 is 5.91 Å². The van der Waals surface area contributed by atoms with Crippen LogP contribution in [-0.4, -0.2) is 16.6 Å². The number of nitrogens with one attached hydrogen (secondary N) is 1. The summed E-state index contributed by atoms with van der Waals surface area (Å²) in [4.78, 5) is 12.2. The molecule has 0 aromatic heterocycles. The van der Waals surface area contributed by atoms with E-state index in [-0.39, 0.29) is 11.7 Å². The molecule has 2 atom stereocenters. The molecular formula is C18H18N2O2. The van der Waals surface area contributed by atoms with Crippen molar-refractivity contribution in [1.82, 2.24) is 5.32 Å². The Bertz CT molecular complexity index is 759. The minimum atomic E-state index is -0.766. The van der Waals surface area contributed by atoms with Gasteiger partial charge < -0.3 is 16.2 Å². The number of phenols is 1. The summed E-state index contributed by atoms with van der Waals surface area (Å²) in [5, 5.41) is 13.1. The van der Waals surface area contributed by atoms with Crippen LogP contribution in [0.2, 0.25) is 0 Å². The molecule has 4 rings (SSSR count). The van der Waals surface area contributed by atoms with Crippen molar-refractivity contribution in [1.29, 1.82) is 0 Å². The topological polar surface area (TPSA) is 75.4 Å².